The maximum atomic E-state index is 12.0. The van der Waals surface area contributed by atoms with Crippen LogP contribution < -0.4 is 4.72 Å². The SMILES string of the molecule is CCC(C#N)S(=O)(=O)Nc1sc2c(c1C(=O)O)CCC2. The highest BCUT2D eigenvalue weighted by Crippen LogP contribution is 2.39. The Labute approximate surface area is 121 Å². The van der Waals surface area contributed by atoms with Gasteiger partial charge in [0.05, 0.1) is 11.6 Å². The molecule has 0 bridgehead atoms. The third kappa shape index (κ3) is 2.51. The molecule has 2 rings (SSSR count). The fourth-order valence-electron chi connectivity index (χ4n) is 2.28. The van der Waals surface area contributed by atoms with Crippen LogP contribution in [0.15, 0.2) is 0 Å². The molecule has 0 saturated carbocycles. The van der Waals surface area contributed by atoms with Crippen LogP contribution in [0.4, 0.5) is 5.00 Å². The van der Waals surface area contributed by atoms with E-state index in [0.29, 0.717) is 6.42 Å². The first-order valence-corrected chi connectivity index (χ1v) is 8.56. The quantitative estimate of drug-likeness (QED) is 0.864. The summed E-state index contributed by atoms with van der Waals surface area (Å²) in [5.74, 6) is -1.13. The van der Waals surface area contributed by atoms with Gasteiger partial charge < -0.3 is 5.11 Å². The summed E-state index contributed by atoms with van der Waals surface area (Å²) in [5, 5.41) is 17.1. The number of rotatable bonds is 5. The third-order valence-corrected chi connectivity index (χ3v) is 6.27. The zero-order valence-corrected chi connectivity index (χ0v) is 12.5. The summed E-state index contributed by atoms with van der Waals surface area (Å²) in [6, 6.07) is 1.72. The van der Waals surface area contributed by atoms with E-state index in [1.807, 2.05) is 0 Å². The van der Waals surface area contributed by atoms with Crippen molar-refractivity contribution in [1.29, 1.82) is 5.26 Å². The van der Waals surface area contributed by atoms with Crippen molar-refractivity contribution in [2.45, 2.75) is 37.9 Å². The van der Waals surface area contributed by atoms with Crippen molar-refractivity contribution in [1.82, 2.24) is 0 Å². The zero-order valence-electron chi connectivity index (χ0n) is 10.8. The third-order valence-electron chi connectivity index (χ3n) is 3.26. The summed E-state index contributed by atoms with van der Waals surface area (Å²) in [6.45, 7) is 1.60. The zero-order chi connectivity index (χ0) is 14.9. The van der Waals surface area contributed by atoms with Gasteiger partial charge in [-0.3, -0.25) is 4.72 Å². The molecule has 0 radical (unpaired) electrons. The lowest BCUT2D eigenvalue weighted by molar-refractivity contribution is 0.0697. The van der Waals surface area contributed by atoms with Crippen LogP contribution in [0.2, 0.25) is 0 Å². The van der Waals surface area contributed by atoms with Crippen LogP contribution in [-0.2, 0) is 22.9 Å². The first-order valence-electron chi connectivity index (χ1n) is 6.19. The Morgan fingerprint density at radius 3 is 2.80 bits per heavy atom. The number of thiophene rings is 1. The van der Waals surface area contributed by atoms with Gasteiger partial charge in [0.15, 0.2) is 5.25 Å². The van der Waals surface area contributed by atoms with E-state index in [1.54, 1.807) is 13.0 Å². The summed E-state index contributed by atoms with van der Waals surface area (Å²) in [4.78, 5) is 12.3. The van der Waals surface area contributed by atoms with Gasteiger partial charge in [-0.1, -0.05) is 6.92 Å². The van der Waals surface area contributed by atoms with Crippen molar-refractivity contribution in [3.63, 3.8) is 0 Å². The highest BCUT2D eigenvalue weighted by atomic mass is 32.2. The number of fused-ring (bicyclic) bond motifs is 1. The van der Waals surface area contributed by atoms with Crippen molar-refractivity contribution >= 4 is 32.3 Å². The second kappa shape index (κ2) is 5.42. The smallest absolute Gasteiger partial charge is 0.339 e. The van der Waals surface area contributed by atoms with E-state index in [1.165, 1.54) is 0 Å². The van der Waals surface area contributed by atoms with Gasteiger partial charge in [-0.15, -0.1) is 11.3 Å². The first kappa shape index (κ1) is 14.8. The molecule has 0 amide bonds. The van der Waals surface area contributed by atoms with Gasteiger partial charge in [-0.25, -0.2) is 13.2 Å². The summed E-state index contributed by atoms with van der Waals surface area (Å²) in [6.07, 6.45) is 2.48. The highest BCUT2D eigenvalue weighted by molar-refractivity contribution is 7.93. The lowest BCUT2D eigenvalue weighted by atomic mass is 10.1. The number of sulfonamides is 1. The lowest BCUT2D eigenvalue weighted by Gasteiger charge is -2.10. The monoisotopic (exact) mass is 314 g/mol. The molecule has 0 aliphatic heterocycles. The van der Waals surface area contributed by atoms with Gasteiger partial charge in [-0.05, 0) is 31.2 Å². The summed E-state index contributed by atoms with van der Waals surface area (Å²) < 4.78 is 26.4. The molecule has 1 aromatic rings. The number of carboxylic acid groups (broad SMARTS) is 1. The van der Waals surface area contributed by atoms with Gasteiger partial charge in [-0.2, -0.15) is 5.26 Å². The Morgan fingerprint density at radius 2 is 2.25 bits per heavy atom. The van der Waals surface area contributed by atoms with Gasteiger partial charge >= 0.3 is 5.97 Å². The molecule has 1 aliphatic rings. The molecule has 1 atom stereocenters. The van der Waals surface area contributed by atoms with Gasteiger partial charge in [0, 0.05) is 4.88 Å². The second-order valence-electron chi connectivity index (χ2n) is 4.54. The Hall–Kier alpha value is -1.59. The van der Waals surface area contributed by atoms with E-state index in [2.05, 4.69) is 4.72 Å². The molecular weight excluding hydrogens is 300 g/mol. The van der Waals surface area contributed by atoms with Crippen molar-refractivity contribution in [2.24, 2.45) is 0 Å². The normalized spacial score (nSPS) is 15.4. The van der Waals surface area contributed by atoms with E-state index in [0.717, 1.165) is 34.6 Å². The van der Waals surface area contributed by atoms with E-state index in [9.17, 15) is 18.3 Å². The number of hydrogen-bond donors (Lipinski definition) is 2. The molecule has 1 unspecified atom stereocenters. The predicted octanol–water partition coefficient (Wildman–Crippen LogP) is 1.98. The topological polar surface area (TPSA) is 107 Å². The van der Waals surface area contributed by atoms with Crippen LogP contribution in [0.25, 0.3) is 0 Å². The Kier molecular flexibility index (Phi) is 4.01. The van der Waals surface area contributed by atoms with Crippen LogP contribution >= 0.6 is 11.3 Å². The minimum absolute atomic E-state index is 0.0406. The van der Waals surface area contributed by atoms with Gasteiger partial charge in [0.2, 0.25) is 10.0 Å². The molecule has 1 heterocycles. The molecule has 20 heavy (non-hydrogen) atoms. The number of carbonyl (C=O) groups is 1. The minimum atomic E-state index is -3.88. The minimum Gasteiger partial charge on any atom is -0.478 e. The van der Waals surface area contributed by atoms with Crippen molar-refractivity contribution in [2.75, 3.05) is 4.72 Å². The average Bonchev–Trinajstić information content (AvgIpc) is 2.88. The molecule has 6 nitrogen and oxygen atoms in total. The summed E-state index contributed by atoms with van der Waals surface area (Å²) in [7, 11) is -3.88. The Bertz CT molecular complexity index is 685. The van der Waals surface area contributed by atoms with Crippen LogP contribution in [0.1, 0.15) is 40.6 Å². The van der Waals surface area contributed by atoms with E-state index < -0.39 is 21.2 Å². The number of aromatic carboxylic acids is 1. The molecule has 1 aromatic heterocycles. The fourth-order valence-corrected chi connectivity index (χ4v) is 5.01. The number of nitrogens with one attached hydrogen (secondary N) is 1. The molecule has 1 aliphatic carbocycles. The van der Waals surface area contributed by atoms with Crippen molar-refractivity contribution in [3.8, 4) is 6.07 Å². The second-order valence-corrected chi connectivity index (χ2v) is 7.51. The number of anilines is 1. The molecular formula is C12H14N2O4S2. The maximum Gasteiger partial charge on any atom is 0.339 e. The van der Waals surface area contributed by atoms with Gasteiger partial charge in [0.25, 0.3) is 0 Å². The van der Waals surface area contributed by atoms with Gasteiger partial charge in [0.1, 0.15) is 5.00 Å². The maximum absolute atomic E-state index is 12.0. The molecule has 2 N–H and O–H groups in total. The number of nitrogens with zero attached hydrogens (tertiary/aromatic N) is 1. The number of hydrogen-bond acceptors (Lipinski definition) is 5. The molecule has 0 saturated heterocycles. The lowest BCUT2D eigenvalue weighted by Crippen LogP contribution is -2.26. The molecule has 0 aromatic carbocycles. The van der Waals surface area contributed by atoms with Crippen LogP contribution in [-0.4, -0.2) is 24.7 Å². The first-order chi connectivity index (χ1) is 9.40. The van der Waals surface area contributed by atoms with Crippen LogP contribution in [0.5, 0.6) is 0 Å². The van der Waals surface area contributed by atoms with E-state index in [-0.39, 0.29) is 17.0 Å². The number of nitriles is 1. The fraction of sp³-hybridized carbons (Fsp3) is 0.500. The van der Waals surface area contributed by atoms with E-state index >= 15 is 0 Å². The predicted molar refractivity (Wildman–Crippen MR) is 75.5 cm³/mol. The molecule has 0 fully saturated rings. The van der Waals surface area contributed by atoms with E-state index in [4.69, 9.17) is 5.26 Å². The average molecular weight is 314 g/mol. The molecule has 0 spiro atoms. The molecule has 108 valence electrons. The van der Waals surface area contributed by atoms with Crippen LogP contribution in [0.3, 0.4) is 0 Å². The summed E-state index contributed by atoms with van der Waals surface area (Å²) >= 11 is 1.16. The Balaban J connectivity index is 2.41. The number of aryl methyl sites for hydroxylation is 1. The highest BCUT2D eigenvalue weighted by Gasteiger charge is 2.31. The van der Waals surface area contributed by atoms with Crippen molar-refractivity contribution < 1.29 is 18.3 Å². The van der Waals surface area contributed by atoms with Crippen LogP contribution in [0, 0.1) is 11.3 Å². The van der Waals surface area contributed by atoms with Crippen molar-refractivity contribution in [3.05, 3.63) is 16.0 Å². The standard InChI is InChI=1S/C12H14N2O4S2/c1-2-7(6-13)20(17,18)14-11-10(12(15)16)8-4-3-5-9(8)19-11/h7,14H,2-5H2,1H3,(H,15,16). The number of carboxylic acids is 1. The largest absolute Gasteiger partial charge is 0.478 e. The summed E-state index contributed by atoms with van der Waals surface area (Å²) in [5.41, 5.74) is 0.768. The Morgan fingerprint density at radius 1 is 1.55 bits per heavy atom. The molecule has 8 heteroatoms.